The second-order valence-corrected chi connectivity index (χ2v) is 4.96. The maximum atomic E-state index is 9.15. The van der Waals surface area contributed by atoms with Gasteiger partial charge in [-0.1, -0.05) is 13.8 Å². The van der Waals surface area contributed by atoms with Gasteiger partial charge in [0, 0.05) is 6.04 Å². The minimum Gasteiger partial charge on any atom is -0.285 e. The predicted octanol–water partition coefficient (Wildman–Crippen LogP) is 2.41. The molecule has 0 aromatic rings. The molecule has 13 heavy (non-hydrogen) atoms. The Morgan fingerprint density at radius 2 is 2.08 bits per heavy atom. The molecule has 1 atom stereocenters. The van der Waals surface area contributed by atoms with E-state index in [0.717, 1.165) is 6.54 Å². The van der Waals surface area contributed by atoms with Crippen molar-refractivity contribution in [3.05, 3.63) is 0 Å². The third-order valence-electron chi connectivity index (χ3n) is 3.09. The van der Waals surface area contributed by atoms with Gasteiger partial charge in [-0.2, -0.15) is 5.26 Å². The molecule has 1 heterocycles. The first-order chi connectivity index (χ1) is 5.99. The SMILES string of the molecule is CC(C)N1CCCC(C)(C)C1C#N. The van der Waals surface area contributed by atoms with Crippen LogP contribution in [0.3, 0.4) is 0 Å². The topological polar surface area (TPSA) is 27.0 Å². The van der Waals surface area contributed by atoms with Gasteiger partial charge in [-0.15, -0.1) is 0 Å². The van der Waals surface area contributed by atoms with Crippen LogP contribution in [0.2, 0.25) is 0 Å². The molecule has 0 aromatic carbocycles. The fourth-order valence-corrected chi connectivity index (χ4v) is 2.24. The summed E-state index contributed by atoms with van der Waals surface area (Å²) in [5.41, 5.74) is 0.164. The molecular formula is C11H20N2. The maximum Gasteiger partial charge on any atom is 0.103 e. The zero-order valence-electron chi connectivity index (χ0n) is 9.17. The van der Waals surface area contributed by atoms with Gasteiger partial charge in [0.1, 0.15) is 6.04 Å². The van der Waals surface area contributed by atoms with Gasteiger partial charge in [-0.05, 0) is 38.6 Å². The van der Waals surface area contributed by atoms with Crippen molar-refractivity contribution in [2.75, 3.05) is 6.54 Å². The lowest BCUT2D eigenvalue weighted by molar-refractivity contribution is 0.0483. The van der Waals surface area contributed by atoms with Crippen LogP contribution in [-0.2, 0) is 0 Å². The third-order valence-corrected chi connectivity index (χ3v) is 3.09. The van der Waals surface area contributed by atoms with Gasteiger partial charge in [-0.3, -0.25) is 4.90 Å². The second-order valence-electron chi connectivity index (χ2n) is 4.96. The minimum absolute atomic E-state index is 0.0984. The quantitative estimate of drug-likeness (QED) is 0.619. The molecule has 0 aromatic heterocycles. The van der Waals surface area contributed by atoms with Gasteiger partial charge in [0.25, 0.3) is 0 Å². The van der Waals surface area contributed by atoms with E-state index >= 15 is 0 Å². The predicted molar refractivity (Wildman–Crippen MR) is 54.3 cm³/mol. The van der Waals surface area contributed by atoms with Gasteiger partial charge >= 0.3 is 0 Å². The van der Waals surface area contributed by atoms with Crippen molar-refractivity contribution in [2.45, 2.75) is 52.6 Å². The van der Waals surface area contributed by atoms with E-state index < -0.39 is 0 Å². The molecule has 0 N–H and O–H groups in total. The standard InChI is InChI=1S/C11H20N2/c1-9(2)13-7-5-6-11(3,4)10(13)8-12/h9-10H,5-7H2,1-4H3. The first-order valence-corrected chi connectivity index (χ1v) is 5.14. The van der Waals surface area contributed by atoms with Crippen LogP contribution in [0.15, 0.2) is 0 Å². The molecule has 0 amide bonds. The molecule has 1 rings (SSSR count). The smallest absolute Gasteiger partial charge is 0.103 e. The number of nitriles is 1. The van der Waals surface area contributed by atoms with E-state index in [2.05, 4.69) is 38.7 Å². The number of likely N-dealkylation sites (tertiary alicyclic amines) is 1. The molecule has 1 aliphatic heterocycles. The van der Waals surface area contributed by atoms with Crippen molar-refractivity contribution in [3.8, 4) is 6.07 Å². The number of rotatable bonds is 1. The monoisotopic (exact) mass is 180 g/mol. The minimum atomic E-state index is 0.0984. The summed E-state index contributed by atoms with van der Waals surface area (Å²) in [6.45, 7) is 9.83. The van der Waals surface area contributed by atoms with Crippen LogP contribution in [-0.4, -0.2) is 23.5 Å². The first kappa shape index (κ1) is 10.5. The molecule has 0 aliphatic carbocycles. The van der Waals surface area contributed by atoms with Gasteiger partial charge < -0.3 is 0 Å². The second kappa shape index (κ2) is 3.67. The van der Waals surface area contributed by atoms with Crippen molar-refractivity contribution in [1.82, 2.24) is 4.90 Å². The summed E-state index contributed by atoms with van der Waals surface area (Å²) in [4.78, 5) is 2.32. The molecule has 1 saturated heterocycles. The Hall–Kier alpha value is -0.550. The van der Waals surface area contributed by atoms with Gasteiger partial charge in [0.15, 0.2) is 0 Å². The van der Waals surface area contributed by atoms with Crippen molar-refractivity contribution in [1.29, 1.82) is 5.26 Å². The highest BCUT2D eigenvalue weighted by Gasteiger charge is 2.38. The average molecular weight is 180 g/mol. The molecule has 2 nitrogen and oxygen atoms in total. The summed E-state index contributed by atoms with van der Waals surface area (Å²) >= 11 is 0. The number of nitrogens with zero attached hydrogens (tertiary/aromatic N) is 2. The van der Waals surface area contributed by atoms with Crippen molar-refractivity contribution >= 4 is 0 Å². The molecule has 74 valence electrons. The highest BCUT2D eigenvalue weighted by Crippen LogP contribution is 2.35. The first-order valence-electron chi connectivity index (χ1n) is 5.14. The lowest BCUT2D eigenvalue weighted by atomic mass is 9.76. The van der Waals surface area contributed by atoms with E-state index in [-0.39, 0.29) is 11.5 Å². The summed E-state index contributed by atoms with van der Waals surface area (Å²) in [5, 5.41) is 9.15. The molecule has 0 spiro atoms. The molecular weight excluding hydrogens is 160 g/mol. The molecule has 1 fully saturated rings. The number of hydrogen-bond donors (Lipinski definition) is 0. The summed E-state index contributed by atoms with van der Waals surface area (Å²) in [5.74, 6) is 0. The molecule has 0 saturated carbocycles. The highest BCUT2D eigenvalue weighted by molar-refractivity contribution is 5.04. The molecule has 2 heteroatoms. The third kappa shape index (κ3) is 2.03. The lowest BCUT2D eigenvalue weighted by Crippen LogP contribution is -2.51. The zero-order chi connectivity index (χ0) is 10.1. The molecule has 0 bridgehead atoms. The number of hydrogen-bond acceptors (Lipinski definition) is 2. The van der Waals surface area contributed by atoms with Crippen LogP contribution in [0.25, 0.3) is 0 Å². The van der Waals surface area contributed by atoms with Crippen molar-refractivity contribution in [3.63, 3.8) is 0 Å². The van der Waals surface area contributed by atoms with Crippen LogP contribution in [0.4, 0.5) is 0 Å². The Bertz CT molecular complexity index is 213. The van der Waals surface area contributed by atoms with Gasteiger partial charge in [0.05, 0.1) is 6.07 Å². The normalized spacial score (nSPS) is 28.8. The molecule has 0 radical (unpaired) electrons. The lowest BCUT2D eigenvalue weighted by Gasteiger charge is -2.44. The van der Waals surface area contributed by atoms with E-state index in [1.165, 1.54) is 12.8 Å². The number of piperidine rings is 1. The highest BCUT2D eigenvalue weighted by atomic mass is 15.2. The Labute approximate surface area is 81.5 Å². The van der Waals surface area contributed by atoms with E-state index in [1.54, 1.807) is 0 Å². The van der Waals surface area contributed by atoms with E-state index in [1.807, 2.05) is 0 Å². The Kier molecular flexibility index (Phi) is 2.98. The Morgan fingerprint density at radius 1 is 1.46 bits per heavy atom. The van der Waals surface area contributed by atoms with Crippen molar-refractivity contribution < 1.29 is 0 Å². The fourth-order valence-electron chi connectivity index (χ4n) is 2.24. The van der Waals surface area contributed by atoms with Gasteiger partial charge in [-0.25, -0.2) is 0 Å². The summed E-state index contributed by atoms with van der Waals surface area (Å²) < 4.78 is 0. The average Bonchev–Trinajstić information content (AvgIpc) is 2.02. The van der Waals surface area contributed by atoms with Crippen LogP contribution >= 0.6 is 0 Å². The Morgan fingerprint density at radius 3 is 2.46 bits per heavy atom. The van der Waals surface area contributed by atoms with Crippen molar-refractivity contribution in [2.24, 2.45) is 5.41 Å². The maximum absolute atomic E-state index is 9.15. The van der Waals surface area contributed by atoms with E-state index in [9.17, 15) is 0 Å². The van der Waals surface area contributed by atoms with Crippen LogP contribution in [0.5, 0.6) is 0 Å². The summed E-state index contributed by atoms with van der Waals surface area (Å²) in [7, 11) is 0. The molecule has 1 unspecified atom stereocenters. The van der Waals surface area contributed by atoms with E-state index in [0.29, 0.717) is 6.04 Å². The van der Waals surface area contributed by atoms with E-state index in [4.69, 9.17) is 5.26 Å². The van der Waals surface area contributed by atoms with Gasteiger partial charge in [0.2, 0.25) is 0 Å². The van der Waals surface area contributed by atoms with Crippen LogP contribution in [0, 0.1) is 16.7 Å². The Balaban J connectivity index is 2.81. The van der Waals surface area contributed by atoms with Crippen LogP contribution in [0.1, 0.15) is 40.5 Å². The summed E-state index contributed by atoms with van der Waals surface area (Å²) in [6, 6.07) is 3.04. The molecule has 1 aliphatic rings. The zero-order valence-corrected chi connectivity index (χ0v) is 9.17. The summed E-state index contributed by atoms with van der Waals surface area (Å²) in [6.07, 6.45) is 2.40. The fraction of sp³-hybridized carbons (Fsp3) is 0.909. The van der Waals surface area contributed by atoms with Crippen LogP contribution < -0.4 is 0 Å². The largest absolute Gasteiger partial charge is 0.285 e.